The minimum absolute atomic E-state index is 0.0137. The largest absolute Gasteiger partial charge is 0.505 e. The summed E-state index contributed by atoms with van der Waals surface area (Å²) in [6.45, 7) is 2.79. The number of amides is 1. The summed E-state index contributed by atoms with van der Waals surface area (Å²) in [5.41, 5.74) is 2.05. The maximum atomic E-state index is 13.6. The van der Waals surface area contributed by atoms with E-state index in [1.165, 1.54) is 17.0 Å². The fourth-order valence-electron chi connectivity index (χ4n) is 4.19. The molecule has 0 aliphatic carbocycles. The molecule has 0 bridgehead atoms. The quantitative estimate of drug-likeness (QED) is 0.365. The van der Waals surface area contributed by atoms with Gasteiger partial charge in [0.2, 0.25) is 0 Å². The number of aromatic nitrogens is 2. The van der Waals surface area contributed by atoms with Crippen LogP contribution < -0.4 is 0 Å². The molecule has 1 aliphatic heterocycles. The lowest BCUT2D eigenvalue weighted by atomic mass is 9.96. The molecule has 1 atom stereocenters. The number of hydrogen-bond acceptors (Lipinski definition) is 5. The van der Waals surface area contributed by atoms with Gasteiger partial charge in [-0.25, -0.2) is 9.37 Å². The molecule has 0 unspecified atom stereocenters. The van der Waals surface area contributed by atoms with Crippen LogP contribution in [0.4, 0.5) is 4.39 Å². The van der Waals surface area contributed by atoms with Gasteiger partial charge < -0.3 is 14.9 Å². The molecule has 0 saturated carbocycles. The Morgan fingerprint density at radius 1 is 1.16 bits per heavy atom. The fraction of sp³-hybridized carbons (Fsp3) is 0.292. The van der Waals surface area contributed by atoms with Gasteiger partial charge in [-0.3, -0.25) is 14.0 Å². The SMILES string of the molecule is Cc1nc2ccccn2c1/C(O)=C1\C(=O)C(=O)N(CCCN(C)C)[C@H]1c1ccc(F)cc1. The van der Waals surface area contributed by atoms with Crippen LogP contribution in [0, 0.1) is 12.7 Å². The lowest BCUT2D eigenvalue weighted by molar-refractivity contribution is -0.139. The third kappa shape index (κ3) is 3.78. The number of pyridine rings is 1. The molecule has 8 heteroatoms. The standard InChI is InChI=1S/C24H25FN4O3/c1-15-20(28-13-5-4-7-18(28)26-15)22(30)19-21(16-8-10-17(25)11-9-16)29(24(32)23(19)31)14-6-12-27(2)3/h4-5,7-11,13,21,30H,6,12,14H2,1-3H3/b22-19+/t21-/m0/s1. The number of benzene rings is 1. The lowest BCUT2D eigenvalue weighted by Gasteiger charge is -2.26. The van der Waals surface area contributed by atoms with Crippen LogP contribution in [0.15, 0.2) is 54.2 Å². The highest BCUT2D eigenvalue weighted by Crippen LogP contribution is 2.40. The number of aryl methyl sites for hydroxylation is 1. The minimum Gasteiger partial charge on any atom is -0.505 e. The number of aliphatic hydroxyl groups is 1. The number of aliphatic hydroxyl groups excluding tert-OH is 1. The van der Waals surface area contributed by atoms with Gasteiger partial charge in [-0.2, -0.15) is 0 Å². The van der Waals surface area contributed by atoms with Gasteiger partial charge >= 0.3 is 0 Å². The van der Waals surface area contributed by atoms with Gasteiger partial charge in [0, 0.05) is 12.7 Å². The van der Waals surface area contributed by atoms with Crippen LogP contribution in [0.1, 0.15) is 29.4 Å². The molecule has 1 aromatic carbocycles. The molecule has 166 valence electrons. The van der Waals surface area contributed by atoms with Gasteiger partial charge in [-0.1, -0.05) is 18.2 Å². The summed E-state index contributed by atoms with van der Waals surface area (Å²) in [5, 5.41) is 11.3. The van der Waals surface area contributed by atoms with Gasteiger partial charge in [0.25, 0.3) is 11.7 Å². The van der Waals surface area contributed by atoms with E-state index in [0.717, 1.165) is 6.54 Å². The number of nitrogens with zero attached hydrogens (tertiary/aromatic N) is 4. The third-order valence-electron chi connectivity index (χ3n) is 5.66. The number of Topliss-reactive ketones (excluding diaryl/α,β-unsaturated/α-hetero) is 1. The molecule has 1 amide bonds. The number of carbonyl (C=O) groups is 2. The lowest BCUT2D eigenvalue weighted by Crippen LogP contribution is -2.32. The number of carbonyl (C=O) groups excluding carboxylic acids is 2. The van der Waals surface area contributed by atoms with Crippen LogP contribution in [0.3, 0.4) is 0 Å². The van der Waals surface area contributed by atoms with Crippen LogP contribution in [0.2, 0.25) is 0 Å². The molecule has 1 saturated heterocycles. The molecule has 2 aromatic heterocycles. The normalized spacial score (nSPS) is 18.3. The first kappa shape index (κ1) is 21.7. The number of likely N-dealkylation sites (tertiary alicyclic amines) is 1. The molecular weight excluding hydrogens is 411 g/mol. The molecule has 7 nitrogen and oxygen atoms in total. The van der Waals surface area contributed by atoms with Crippen molar-refractivity contribution in [1.29, 1.82) is 0 Å². The predicted octanol–water partition coefficient (Wildman–Crippen LogP) is 3.16. The van der Waals surface area contributed by atoms with Gasteiger partial charge in [0.05, 0.1) is 17.3 Å². The molecule has 1 aliphatic rings. The van der Waals surface area contributed by atoms with E-state index in [1.807, 2.05) is 25.1 Å². The average molecular weight is 436 g/mol. The molecule has 3 heterocycles. The predicted molar refractivity (Wildman–Crippen MR) is 119 cm³/mol. The number of hydrogen-bond donors (Lipinski definition) is 1. The summed E-state index contributed by atoms with van der Waals surface area (Å²) in [6.07, 6.45) is 2.39. The summed E-state index contributed by atoms with van der Waals surface area (Å²) in [4.78, 5) is 34.0. The Labute approximate surface area is 185 Å². The molecule has 0 radical (unpaired) electrons. The summed E-state index contributed by atoms with van der Waals surface area (Å²) in [7, 11) is 3.86. The van der Waals surface area contributed by atoms with Crippen molar-refractivity contribution in [3.05, 3.63) is 77.0 Å². The minimum atomic E-state index is -0.813. The number of fused-ring (bicyclic) bond motifs is 1. The number of rotatable bonds is 6. The molecule has 0 spiro atoms. The second-order valence-electron chi connectivity index (χ2n) is 8.18. The summed E-state index contributed by atoms with van der Waals surface area (Å²) in [5.74, 6) is -2.14. The van der Waals surface area contributed by atoms with Crippen LogP contribution in [0.25, 0.3) is 11.4 Å². The molecule has 3 aromatic rings. The first-order chi connectivity index (χ1) is 15.3. The van der Waals surface area contributed by atoms with E-state index < -0.39 is 23.5 Å². The van der Waals surface area contributed by atoms with E-state index >= 15 is 0 Å². The molecular formula is C24H25FN4O3. The molecule has 1 fully saturated rings. The highest BCUT2D eigenvalue weighted by Gasteiger charge is 2.46. The second kappa shape index (κ2) is 8.55. The Bertz CT molecular complexity index is 1210. The zero-order valence-electron chi connectivity index (χ0n) is 18.2. The van der Waals surface area contributed by atoms with Crippen molar-refractivity contribution in [3.8, 4) is 0 Å². The van der Waals surface area contributed by atoms with Crippen molar-refractivity contribution < 1.29 is 19.1 Å². The zero-order valence-corrected chi connectivity index (χ0v) is 18.2. The van der Waals surface area contributed by atoms with Gasteiger partial charge in [-0.15, -0.1) is 0 Å². The van der Waals surface area contributed by atoms with E-state index in [0.29, 0.717) is 35.6 Å². The Kier molecular flexibility index (Phi) is 5.80. The Morgan fingerprint density at radius 3 is 2.56 bits per heavy atom. The Morgan fingerprint density at radius 2 is 1.88 bits per heavy atom. The fourth-order valence-corrected chi connectivity index (χ4v) is 4.19. The second-order valence-corrected chi connectivity index (χ2v) is 8.18. The summed E-state index contributed by atoms with van der Waals surface area (Å²) >= 11 is 0. The monoisotopic (exact) mass is 436 g/mol. The molecule has 32 heavy (non-hydrogen) atoms. The van der Waals surface area contributed by atoms with Gasteiger partial charge in [0.15, 0.2) is 5.76 Å². The maximum Gasteiger partial charge on any atom is 0.295 e. The van der Waals surface area contributed by atoms with Crippen molar-refractivity contribution in [1.82, 2.24) is 19.2 Å². The summed E-state index contributed by atoms with van der Waals surface area (Å²) < 4.78 is 15.3. The van der Waals surface area contributed by atoms with Crippen LogP contribution in [-0.4, -0.2) is 63.2 Å². The molecule has 4 rings (SSSR count). The van der Waals surface area contributed by atoms with E-state index in [-0.39, 0.29) is 11.3 Å². The van der Waals surface area contributed by atoms with Gasteiger partial charge in [-0.05, 0) is 63.8 Å². The highest BCUT2D eigenvalue weighted by atomic mass is 19.1. The first-order valence-electron chi connectivity index (χ1n) is 10.4. The highest BCUT2D eigenvalue weighted by molar-refractivity contribution is 6.46. The zero-order chi connectivity index (χ0) is 23.0. The van der Waals surface area contributed by atoms with Crippen molar-refractivity contribution in [2.45, 2.75) is 19.4 Å². The Balaban J connectivity index is 1.87. The topological polar surface area (TPSA) is 78.1 Å². The van der Waals surface area contributed by atoms with E-state index in [2.05, 4.69) is 4.98 Å². The molecule has 1 N–H and O–H groups in total. The summed E-state index contributed by atoms with van der Waals surface area (Å²) in [6, 6.07) is 10.3. The van der Waals surface area contributed by atoms with E-state index in [9.17, 15) is 19.1 Å². The van der Waals surface area contributed by atoms with Crippen molar-refractivity contribution in [3.63, 3.8) is 0 Å². The Hall–Kier alpha value is -3.52. The number of ketones is 1. The van der Waals surface area contributed by atoms with Crippen LogP contribution in [0.5, 0.6) is 0 Å². The third-order valence-corrected chi connectivity index (χ3v) is 5.66. The van der Waals surface area contributed by atoms with Crippen molar-refractivity contribution >= 4 is 23.1 Å². The first-order valence-corrected chi connectivity index (χ1v) is 10.4. The maximum absolute atomic E-state index is 13.6. The number of halogens is 1. The van der Waals surface area contributed by atoms with E-state index in [1.54, 1.807) is 41.8 Å². The smallest absolute Gasteiger partial charge is 0.295 e. The van der Waals surface area contributed by atoms with E-state index in [4.69, 9.17) is 0 Å². The van der Waals surface area contributed by atoms with Crippen LogP contribution >= 0.6 is 0 Å². The van der Waals surface area contributed by atoms with Crippen LogP contribution in [-0.2, 0) is 9.59 Å². The van der Waals surface area contributed by atoms with Crippen molar-refractivity contribution in [2.75, 3.05) is 27.2 Å². The average Bonchev–Trinajstić information content (AvgIpc) is 3.22. The number of imidazole rings is 1. The van der Waals surface area contributed by atoms with Gasteiger partial charge in [0.1, 0.15) is 17.2 Å². The van der Waals surface area contributed by atoms with Crippen molar-refractivity contribution in [2.24, 2.45) is 0 Å².